The van der Waals surface area contributed by atoms with Crippen LogP contribution >= 0.6 is 24.0 Å². The van der Waals surface area contributed by atoms with Crippen molar-refractivity contribution < 1.29 is 0 Å². The summed E-state index contributed by atoms with van der Waals surface area (Å²) < 4.78 is 0. The minimum absolute atomic E-state index is 0. The fourth-order valence-electron chi connectivity index (χ4n) is 3.33. The number of aliphatic imine (C=N–C) groups is 1. The van der Waals surface area contributed by atoms with Gasteiger partial charge in [-0.05, 0) is 31.1 Å². The Morgan fingerprint density at radius 3 is 2.39 bits per heavy atom. The highest BCUT2D eigenvalue weighted by Crippen LogP contribution is 2.46. The van der Waals surface area contributed by atoms with Crippen molar-refractivity contribution in [1.29, 1.82) is 0 Å². The van der Waals surface area contributed by atoms with Crippen LogP contribution in [0.2, 0.25) is 0 Å². The average molecular weight is 363 g/mol. The first-order chi connectivity index (χ1) is 8.25. The molecule has 18 heavy (non-hydrogen) atoms. The number of hydrogen-bond acceptors (Lipinski definition) is 1. The third kappa shape index (κ3) is 3.31. The van der Waals surface area contributed by atoms with Gasteiger partial charge < -0.3 is 10.6 Å². The van der Waals surface area contributed by atoms with Gasteiger partial charge in [-0.3, -0.25) is 0 Å². The van der Waals surface area contributed by atoms with Crippen molar-refractivity contribution in [2.45, 2.75) is 63.5 Å². The summed E-state index contributed by atoms with van der Waals surface area (Å²) in [6.45, 7) is 0. The zero-order valence-corrected chi connectivity index (χ0v) is 13.7. The molecular formula is C14H26IN3. The second-order valence-corrected chi connectivity index (χ2v) is 6.19. The molecule has 0 amide bonds. The topological polar surface area (TPSA) is 41.6 Å². The molecule has 3 saturated carbocycles. The molecule has 0 heterocycles. The Hall–Kier alpha value is 0. The van der Waals surface area contributed by atoms with E-state index in [1.807, 2.05) is 0 Å². The minimum atomic E-state index is 0. The van der Waals surface area contributed by atoms with Crippen molar-refractivity contribution >= 4 is 29.9 Å². The predicted molar refractivity (Wildman–Crippen MR) is 86.3 cm³/mol. The highest BCUT2D eigenvalue weighted by Gasteiger charge is 2.43. The molecular weight excluding hydrogens is 337 g/mol. The number of hydrogen-bond donors (Lipinski definition) is 1. The Morgan fingerprint density at radius 2 is 1.78 bits per heavy atom. The summed E-state index contributed by atoms with van der Waals surface area (Å²) in [4.78, 5) is 6.90. The van der Waals surface area contributed by atoms with Crippen LogP contribution in [-0.4, -0.2) is 30.0 Å². The Morgan fingerprint density at radius 1 is 1.11 bits per heavy atom. The maximum absolute atomic E-state index is 6.07. The van der Waals surface area contributed by atoms with E-state index in [2.05, 4.69) is 11.9 Å². The minimum Gasteiger partial charge on any atom is -0.370 e. The second kappa shape index (κ2) is 5.97. The lowest BCUT2D eigenvalue weighted by Crippen LogP contribution is -2.36. The smallest absolute Gasteiger partial charge is 0.191 e. The maximum Gasteiger partial charge on any atom is 0.191 e. The average Bonchev–Trinajstić information content (AvgIpc) is 3.23. The van der Waals surface area contributed by atoms with Crippen molar-refractivity contribution in [1.82, 2.24) is 4.90 Å². The van der Waals surface area contributed by atoms with Gasteiger partial charge in [-0.1, -0.05) is 32.1 Å². The van der Waals surface area contributed by atoms with E-state index in [-0.39, 0.29) is 24.0 Å². The molecule has 3 fully saturated rings. The van der Waals surface area contributed by atoms with Crippen LogP contribution in [0, 0.1) is 11.8 Å². The first-order valence-corrected chi connectivity index (χ1v) is 7.32. The summed E-state index contributed by atoms with van der Waals surface area (Å²) in [6, 6.07) is 1.24. The summed E-state index contributed by atoms with van der Waals surface area (Å²) in [5, 5.41) is 0. The van der Waals surface area contributed by atoms with Crippen LogP contribution in [0.5, 0.6) is 0 Å². The third-order valence-electron chi connectivity index (χ3n) is 4.81. The monoisotopic (exact) mass is 363 g/mol. The first kappa shape index (κ1) is 14.4. The molecule has 0 bridgehead atoms. The molecule has 0 spiro atoms. The Balaban J connectivity index is 0.00000120. The zero-order valence-electron chi connectivity index (χ0n) is 11.3. The van der Waals surface area contributed by atoms with Gasteiger partial charge >= 0.3 is 0 Å². The van der Waals surface area contributed by atoms with E-state index in [9.17, 15) is 0 Å². The van der Waals surface area contributed by atoms with Gasteiger partial charge in [0.05, 0.1) is 6.04 Å². The Labute approximate surface area is 128 Å². The van der Waals surface area contributed by atoms with Gasteiger partial charge in [0.25, 0.3) is 0 Å². The number of nitrogens with zero attached hydrogens (tertiary/aromatic N) is 2. The largest absolute Gasteiger partial charge is 0.370 e. The maximum atomic E-state index is 6.07. The molecule has 0 radical (unpaired) electrons. The normalized spacial score (nSPS) is 32.8. The molecule has 3 nitrogen and oxygen atoms in total. The molecule has 3 aliphatic carbocycles. The van der Waals surface area contributed by atoms with Crippen LogP contribution in [0.25, 0.3) is 0 Å². The molecule has 3 aliphatic rings. The van der Waals surface area contributed by atoms with E-state index in [1.165, 1.54) is 51.4 Å². The zero-order chi connectivity index (χ0) is 11.8. The summed E-state index contributed by atoms with van der Waals surface area (Å²) in [6.07, 6.45) is 11.1. The number of halogens is 1. The van der Waals surface area contributed by atoms with Gasteiger partial charge in [0, 0.05) is 13.1 Å². The standard InChI is InChI=1S/C14H25N3.HI/c1-17(11-7-8-11)14(15)16-13-9-12(13)10-5-3-2-4-6-10;/h10-13H,2-9H2,1H3,(H2,15,16);1H. The van der Waals surface area contributed by atoms with E-state index in [4.69, 9.17) is 10.7 Å². The van der Waals surface area contributed by atoms with E-state index >= 15 is 0 Å². The van der Waals surface area contributed by atoms with Gasteiger partial charge in [0.2, 0.25) is 0 Å². The molecule has 3 rings (SSSR count). The van der Waals surface area contributed by atoms with Gasteiger partial charge in [-0.2, -0.15) is 0 Å². The van der Waals surface area contributed by atoms with Gasteiger partial charge in [0.15, 0.2) is 5.96 Å². The fourth-order valence-corrected chi connectivity index (χ4v) is 3.33. The van der Waals surface area contributed by atoms with Gasteiger partial charge in [-0.15, -0.1) is 24.0 Å². The van der Waals surface area contributed by atoms with Gasteiger partial charge in [0.1, 0.15) is 0 Å². The van der Waals surface area contributed by atoms with Crippen LogP contribution in [0.15, 0.2) is 4.99 Å². The van der Waals surface area contributed by atoms with Crippen LogP contribution in [0.3, 0.4) is 0 Å². The van der Waals surface area contributed by atoms with Gasteiger partial charge in [-0.25, -0.2) is 4.99 Å². The first-order valence-electron chi connectivity index (χ1n) is 7.32. The lowest BCUT2D eigenvalue weighted by atomic mass is 9.85. The van der Waals surface area contributed by atoms with Crippen LogP contribution in [0.4, 0.5) is 0 Å². The molecule has 4 heteroatoms. The predicted octanol–water partition coefficient (Wildman–Crippen LogP) is 2.98. The molecule has 0 saturated heterocycles. The van der Waals surface area contributed by atoms with E-state index in [0.29, 0.717) is 12.1 Å². The van der Waals surface area contributed by atoms with Crippen molar-refractivity contribution in [2.24, 2.45) is 22.6 Å². The molecule has 0 aromatic heterocycles. The number of nitrogens with two attached hydrogens (primary N) is 1. The molecule has 2 N–H and O–H groups in total. The molecule has 2 unspecified atom stereocenters. The molecule has 0 aromatic rings. The lowest BCUT2D eigenvalue weighted by molar-refractivity contribution is 0.318. The quantitative estimate of drug-likeness (QED) is 0.476. The number of rotatable bonds is 3. The Bertz CT molecular complexity index is 308. The molecule has 104 valence electrons. The van der Waals surface area contributed by atoms with E-state index in [1.54, 1.807) is 0 Å². The fraction of sp³-hybridized carbons (Fsp3) is 0.929. The summed E-state index contributed by atoms with van der Waals surface area (Å²) >= 11 is 0. The molecule has 0 aromatic carbocycles. The van der Waals surface area contributed by atoms with Crippen molar-refractivity contribution in [3.63, 3.8) is 0 Å². The Kier molecular flexibility index (Phi) is 4.78. The SMILES string of the molecule is CN(C(N)=NC1CC1C1CCCCC1)C1CC1.I. The van der Waals surface area contributed by atoms with E-state index < -0.39 is 0 Å². The molecule has 0 aliphatic heterocycles. The second-order valence-electron chi connectivity index (χ2n) is 6.19. The van der Waals surface area contributed by atoms with Crippen LogP contribution < -0.4 is 5.73 Å². The number of guanidine groups is 1. The van der Waals surface area contributed by atoms with E-state index in [0.717, 1.165) is 17.8 Å². The summed E-state index contributed by atoms with van der Waals surface area (Å²) in [5.74, 6) is 2.61. The summed E-state index contributed by atoms with van der Waals surface area (Å²) in [7, 11) is 2.09. The van der Waals surface area contributed by atoms with Crippen molar-refractivity contribution in [2.75, 3.05) is 7.05 Å². The van der Waals surface area contributed by atoms with Crippen molar-refractivity contribution in [3.05, 3.63) is 0 Å². The van der Waals surface area contributed by atoms with Crippen LogP contribution in [0.1, 0.15) is 51.4 Å². The summed E-state index contributed by atoms with van der Waals surface area (Å²) in [5.41, 5.74) is 6.07. The van der Waals surface area contributed by atoms with Crippen molar-refractivity contribution in [3.8, 4) is 0 Å². The third-order valence-corrected chi connectivity index (χ3v) is 4.81. The van der Waals surface area contributed by atoms with Crippen LogP contribution in [-0.2, 0) is 0 Å². The lowest BCUT2D eigenvalue weighted by Gasteiger charge is -2.21. The molecule has 2 atom stereocenters. The highest BCUT2D eigenvalue weighted by molar-refractivity contribution is 14.0. The highest BCUT2D eigenvalue weighted by atomic mass is 127.